The van der Waals surface area contributed by atoms with Crippen LogP contribution in [0.3, 0.4) is 0 Å². The molecular weight excluding hydrogens is 346 g/mol. The van der Waals surface area contributed by atoms with Gasteiger partial charge in [0.1, 0.15) is 0 Å². The van der Waals surface area contributed by atoms with E-state index in [1.165, 1.54) is 76.4 Å². The second-order valence-electron chi connectivity index (χ2n) is 7.71. The lowest BCUT2D eigenvalue weighted by atomic mass is 9.95. The van der Waals surface area contributed by atoms with Crippen molar-refractivity contribution in [2.75, 3.05) is 14.2 Å². The molecule has 0 spiro atoms. The van der Waals surface area contributed by atoms with Crippen molar-refractivity contribution in [1.29, 1.82) is 0 Å². The standard InChI is InChI=1S/C25H35NO2/c1-26(28-2)25(27)21-24-17-13-9-12-16-23(20-24)19-18-22-14-10-7-5-3-4-6-8-11-15-22/h9,12-13,16-17,20,22H,3-8,10-11,14-15,21H2,1-2H3/b12-9-,13-9?,16-12?,17-13-,23-16-,23-20?,24-17?,24-20+. The van der Waals surface area contributed by atoms with Gasteiger partial charge in [0.05, 0.1) is 13.5 Å². The van der Waals surface area contributed by atoms with Gasteiger partial charge in [0.2, 0.25) is 5.91 Å². The van der Waals surface area contributed by atoms with Crippen molar-refractivity contribution in [1.82, 2.24) is 5.06 Å². The summed E-state index contributed by atoms with van der Waals surface area (Å²) in [6.07, 6.45) is 25.5. The summed E-state index contributed by atoms with van der Waals surface area (Å²) >= 11 is 0. The van der Waals surface area contributed by atoms with Gasteiger partial charge >= 0.3 is 0 Å². The summed E-state index contributed by atoms with van der Waals surface area (Å²) in [6.45, 7) is 0. The maximum Gasteiger partial charge on any atom is 0.250 e. The molecular formula is C25H35NO2. The maximum atomic E-state index is 12.2. The molecule has 0 atom stereocenters. The Labute approximate surface area is 171 Å². The maximum absolute atomic E-state index is 12.2. The van der Waals surface area contributed by atoms with Crippen molar-refractivity contribution in [2.24, 2.45) is 5.92 Å². The zero-order valence-corrected chi connectivity index (χ0v) is 17.6. The highest BCUT2D eigenvalue weighted by Crippen LogP contribution is 2.21. The van der Waals surface area contributed by atoms with E-state index in [-0.39, 0.29) is 5.91 Å². The van der Waals surface area contributed by atoms with Crippen molar-refractivity contribution in [2.45, 2.75) is 70.6 Å². The number of carbonyl (C=O) groups excluding carboxylic acids is 1. The lowest BCUT2D eigenvalue weighted by Crippen LogP contribution is -2.25. The Kier molecular flexibility index (Phi) is 10.5. The van der Waals surface area contributed by atoms with Gasteiger partial charge in [0.25, 0.3) is 0 Å². The largest absolute Gasteiger partial charge is 0.275 e. The van der Waals surface area contributed by atoms with Gasteiger partial charge in [-0.25, -0.2) is 5.06 Å². The second-order valence-corrected chi connectivity index (χ2v) is 7.71. The summed E-state index contributed by atoms with van der Waals surface area (Å²) in [5.41, 5.74) is 1.92. The molecule has 2 rings (SSSR count). The number of hydrogen-bond donors (Lipinski definition) is 0. The first-order chi connectivity index (χ1) is 13.7. The number of carbonyl (C=O) groups is 1. The molecule has 1 amide bonds. The molecule has 0 heterocycles. The first-order valence-corrected chi connectivity index (χ1v) is 10.8. The van der Waals surface area contributed by atoms with Crippen LogP contribution in [0.1, 0.15) is 70.6 Å². The Hall–Kier alpha value is -2.05. The van der Waals surface area contributed by atoms with E-state index in [1.54, 1.807) is 7.05 Å². The Bertz CT molecular complexity index is 660. The molecule has 0 radical (unpaired) electrons. The summed E-state index contributed by atoms with van der Waals surface area (Å²) in [7, 11) is 3.13. The van der Waals surface area contributed by atoms with Crippen LogP contribution >= 0.6 is 0 Å². The third-order valence-corrected chi connectivity index (χ3v) is 5.41. The minimum Gasteiger partial charge on any atom is -0.275 e. The fourth-order valence-corrected chi connectivity index (χ4v) is 3.59. The van der Waals surface area contributed by atoms with Crippen LogP contribution in [-0.4, -0.2) is 25.1 Å². The van der Waals surface area contributed by atoms with Crippen LogP contribution in [0, 0.1) is 17.8 Å². The van der Waals surface area contributed by atoms with E-state index in [4.69, 9.17) is 4.84 Å². The van der Waals surface area contributed by atoms with E-state index in [2.05, 4.69) is 11.8 Å². The van der Waals surface area contributed by atoms with E-state index in [1.807, 2.05) is 36.5 Å². The molecule has 0 N–H and O–H groups in total. The minimum atomic E-state index is -0.0707. The van der Waals surface area contributed by atoms with Crippen molar-refractivity contribution in [3.05, 3.63) is 47.6 Å². The second kappa shape index (κ2) is 13.2. The molecule has 3 nitrogen and oxygen atoms in total. The summed E-state index contributed by atoms with van der Waals surface area (Å²) in [5, 5.41) is 1.26. The van der Waals surface area contributed by atoms with Gasteiger partial charge in [0.15, 0.2) is 0 Å². The third kappa shape index (κ3) is 8.76. The first kappa shape index (κ1) is 22.2. The summed E-state index contributed by atoms with van der Waals surface area (Å²) < 4.78 is 0. The normalized spacial score (nSPS) is 25.2. The number of amides is 1. The van der Waals surface area contributed by atoms with Gasteiger partial charge in [0, 0.05) is 18.5 Å². The zero-order chi connectivity index (χ0) is 20.0. The molecule has 0 bridgehead atoms. The van der Waals surface area contributed by atoms with Crippen LogP contribution in [0.15, 0.2) is 47.6 Å². The van der Waals surface area contributed by atoms with Gasteiger partial charge in [-0.3, -0.25) is 9.63 Å². The van der Waals surface area contributed by atoms with E-state index in [0.717, 1.165) is 11.1 Å². The Morgan fingerprint density at radius 3 is 2.32 bits per heavy atom. The molecule has 2 aliphatic rings. The van der Waals surface area contributed by atoms with Crippen LogP contribution in [0.2, 0.25) is 0 Å². The predicted molar refractivity (Wildman–Crippen MR) is 116 cm³/mol. The Morgan fingerprint density at radius 1 is 1.04 bits per heavy atom. The summed E-state index contributed by atoms with van der Waals surface area (Å²) in [5.74, 6) is 7.36. The molecule has 1 saturated carbocycles. The van der Waals surface area contributed by atoms with E-state index >= 15 is 0 Å². The molecule has 152 valence electrons. The molecule has 2 aliphatic carbocycles. The topological polar surface area (TPSA) is 29.5 Å². The number of nitrogens with zero attached hydrogens (tertiary/aromatic N) is 1. The van der Waals surface area contributed by atoms with Crippen molar-refractivity contribution < 1.29 is 9.63 Å². The van der Waals surface area contributed by atoms with Crippen molar-refractivity contribution in [3.8, 4) is 11.8 Å². The Morgan fingerprint density at radius 2 is 1.68 bits per heavy atom. The lowest BCUT2D eigenvalue weighted by Gasteiger charge is -2.14. The molecule has 28 heavy (non-hydrogen) atoms. The van der Waals surface area contributed by atoms with Crippen LogP contribution in [0.25, 0.3) is 0 Å². The highest BCUT2D eigenvalue weighted by atomic mass is 16.7. The SMILES string of the molecule is CON(C)C(=O)CC1=C/C(C#CC2CCCCCCCCCC2)=C\C=C/C=C\1. The molecule has 3 heteroatoms. The van der Waals surface area contributed by atoms with Crippen LogP contribution < -0.4 is 0 Å². The van der Waals surface area contributed by atoms with Crippen LogP contribution in [0.5, 0.6) is 0 Å². The number of allylic oxidation sites excluding steroid dienone is 7. The number of hydroxylamine groups is 2. The average molecular weight is 382 g/mol. The third-order valence-electron chi connectivity index (χ3n) is 5.41. The fraction of sp³-hybridized carbons (Fsp3) is 0.560. The predicted octanol–water partition coefficient (Wildman–Crippen LogP) is 5.91. The smallest absolute Gasteiger partial charge is 0.250 e. The summed E-state index contributed by atoms with van der Waals surface area (Å²) in [6, 6.07) is 0. The molecule has 0 aliphatic heterocycles. The average Bonchev–Trinajstić information content (AvgIpc) is 2.74. The van der Waals surface area contributed by atoms with Crippen molar-refractivity contribution >= 4 is 5.91 Å². The molecule has 0 aromatic rings. The highest BCUT2D eigenvalue weighted by Gasteiger charge is 2.10. The monoisotopic (exact) mass is 381 g/mol. The quantitative estimate of drug-likeness (QED) is 0.449. The van der Waals surface area contributed by atoms with Gasteiger partial charge in [-0.1, -0.05) is 87.5 Å². The Balaban J connectivity index is 2.06. The molecule has 0 aromatic carbocycles. The van der Waals surface area contributed by atoms with Crippen LogP contribution in [-0.2, 0) is 9.63 Å². The zero-order valence-electron chi connectivity index (χ0n) is 17.6. The number of rotatable bonds is 3. The molecule has 0 aromatic heterocycles. The molecule has 1 fully saturated rings. The van der Waals surface area contributed by atoms with Gasteiger partial charge < -0.3 is 0 Å². The molecule has 0 unspecified atom stereocenters. The van der Waals surface area contributed by atoms with Crippen molar-refractivity contribution in [3.63, 3.8) is 0 Å². The van der Waals surface area contributed by atoms with E-state index in [0.29, 0.717) is 12.3 Å². The van der Waals surface area contributed by atoms with E-state index in [9.17, 15) is 4.79 Å². The first-order valence-electron chi connectivity index (χ1n) is 10.8. The lowest BCUT2D eigenvalue weighted by molar-refractivity contribution is -0.167. The minimum absolute atomic E-state index is 0.0707. The van der Waals surface area contributed by atoms with Crippen LogP contribution in [0.4, 0.5) is 0 Å². The fourth-order valence-electron chi connectivity index (χ4n) is 3.59. The van der Waals surface area contributed by atoms with Gasteiger partial charge in [-0.15, -0.1) is 0 Å². The molecule has 0 saturated heterocycles. The number of hydrogen-bond acceptors (Lipinski definition) is 2. The van der Waals surface area contributed by atoms with Gasteiger partial charge in [-0.2, -0.15) is 0 Å². The van der Waals surface area contributed by atoms with Gasteiger partial charge in [-0.05, 0) is 30.6 Å². The van der Waals surface area contributed by atoms with E-state index < -0.39 is 0 Å². The summed E-state index contributed by atoms with van der Waals surface area (Å²) in [4.78, 5) is 17.2. The highest BCUT2D eigenvalue weighted by molar-refractivity contribution is 5.78.